The van der Waals surface area contributed by atoms with Crippen LogP contribution in [-0.4, -0.2) is 11.5 Å². The van der Waals surface area contributed by atoms with Gasteiger partial charge in [0.15, 0.2) is 0 Å². The minimum atomic E-state index is -1.08. The van der Waals surface area contributed by atoms with Crippen molar-refractivity contribution < 1.29 is 8.78 Å². The summed E-state index contributed by atoms with van der Waals surface area (Å²) < 4.78 is 24.2. The highest BCUT2D eigenvalue weighted by molar-refractivity contribution is 9.09. The predicted octanol–water partition coefficient (Wildman–Crippen LogP) is 2.98. The summed E-state index contributed by atoms with van der Waals surface area (Å²) in [6, 6.07) is 0. The molecule has 0 fully saturated rings. The molecule has 0 heterocycles. The Kier molecular flexibility index (Phi) is 4.96. The van der Waals surface area contributed by atoms with Gasteiger partial charge in [0.25, 0.3) is 0 Å². The Balaban J connectivity index is 3.49. The fourth-order valence-electron chi connectivity index (χ4n) is 0.436. The van der Waals surface area contributed by atoms with Crippen molar-refractivity contribution in [3.63, 3.8) is 0 Å². The van der Waals surface area contributed by atoms with E-state index in [2.05, 4.69) is 15.9 Å². The molecular weight excluding hydrogens is 190 g/mol. The Morgan fingerprint density at radius 3 is 2.67 bits per heavy atom. The lowest BCUT2D eigenvalue weighted by molar-refractivity contribution is 0.338. The molecule has 0 N–H and O–H groups in total. The average Bonchev–Trinajstić information content (AvgIpc) is 1.63. The van der Waals surface area contributed by atoms with E-state index in [1.807, 2.05) is 0 Å². The van der Waals surface area contributed by atoms with Crippen molar-refractivity contribution in [2.24, 2.45) is 0 Å². The smallest absolute Gasteiger partial charge is 0.104 e. The summed E-state index contributed by atoms with van der Waals surface area (Å²) >= 11 is 3.00. The molecule has 0 saturated carbocycles. The highest BCUT2D eigenvalue weighted by atomic mass is 79.9. The third kappa shape index (κ3) is 5.96. The lowest BCUT2D eigenvalue weighted by atomic mass is 10.3. The number of halogens is 3. The first-order valence-electron chi connectivity index (χ1n) is 2.71. The van der Waals surface area contributed by atoms with E-state index >= 15 is 0 Å². The fourth-order valence-corrected chi connectivity index (χ4v) is 0.787. The first-order valence-corrected chi connectivity index (χ1v) is 3.83. The van der Waals surface area contributed by atoms with Crippen LogP contribution in [0.2, 0.25) is 0 Å². The number of rotatable bonds is 3. The standard InChI is InChI=1S/C6H9BrF2/c1-5(8)4-6(9)2-3-7/h2,5H,3-4H2,1H3/b6-2+. The Bertz CT molecular complexity index is 99.2. The van der Waals surface area contributed by atoms with Crippen LogP contribution < -0.4 is 0 Å². The lowest BCUT2D eigenvalue weighted by Gasteiger charge is -1.95. The molecule has 0 spiro atoms. The molecule has 0 bridgehead atoms. The van der Waals surface area contributed by atoms with Gasteiger partial charge in [0, 0.05) is 11.8 Å². The highest BCUT2D eigenvalue weighted by Crippen LogP contribution is 2.09. The molecule has 1 atom stereocenters. The van der Waals surface area contributed by atoms with E-state index in [-0.39, 0.29) is 12.2 Å². The van der Waals surface area contributed by atoms with Gasteiger partial charge in [-0.2, -0.15) is 0 Å². The van der Waals surface area contributed by atoms with Crippen molar-refractivity contribution in [3.8, 4) is 0 Å². The lowest BCUT2D eigenvalue weighted by Crippen LogP contribution is -1.91. The van der Waals surface area contributed by atoms with Crippen LogP contribution in [0.15, 0.2) is 11.9 Å². The van der Waals surface area contributed by atoms with Crippen molar-refractivity contribution in [1.82, 2.24) is 0 Å². The summed E-state index contributed by atoms with van der Waals surface area (Å²) in [6.45, 7) is 1.33. The van der Waals surface area contributed by atoms with Gasteiger partial charge >= 0.3 is 0 Å². The van der Waals surface area contributed by atoms with Crippen LogP contribution >= 0.6 is 15.9 Å². The Labute approximate surface area is 62.1 Å². The molecule has 0 aliphatic heterocycles. The molecule has 0 aliphatic rings. The van der Waals surface area contributed by atoms with Crippen LogP contribution in [0.3, 0.4) is 0 Å². The van der Waals surface area contributed by atoms with Gasteiger partial charge in [-0.25, -0.2) is 8.78 Å². The monoisotopic (exact) mass is 198 g/mol. The zero-order valence-corrected chi connectivity index (χ0v) is 6.79. The van der Waals surface area contributed by atoms with Crippen molar-refractivity contribution in [3.05, 3.63) is 11.9 Å². The van der Waals surface area contributed by atoms with Crippen LogP contribution in [0.1, 0.15) is 13.3 Å². The molecule has 3 heteroatoms. The van der Waals surface area contributed by atoms with Gasteiger partial charge in [-0.1, -0.05) is 15.9 Å². The number of hydrogen-bond acceptors (Lipinski definition) is 0. The second-order valence-electron chi connectivity index (χ2n) is 1.79. The van der Waals surface area contributed by atoms with Crippen LogP contribution in [0.4, 0.5) is 8.78 Å². The summed E-state index contributed by atoms with van der Waals surface area (Å²) in [5, 5.41) is 0.450. The summed E-state index contributed by atoms with van der Waals surface area (Å²) in [7, 11) is 0. The highest BCUT2D eigenvalue weighted by Gasteiger charge is 2.00. The molecule has 0 nitrogen and oxygen atoms in total. The summed E-state index contributed by atoms with van der Waals surface area (Å²) in [5.74, 6) is -0.387. The zero-order valence-electron chi connectivity index (χ0n) is 5.20. The average molecular weight is 199 g/mol. The second-order valence-corrected chi connectivity index (χ2v) is 2.44. The van der Waals surface area contributed by atoms with Crippen LogP contribution in [-0.2, 0) is 0 Å². The van der Waals surface area contributed by atoms with E-state index in [1.165, 1.54) is 13.0 Å². The van der Waals surface area contributed by atoms with Gasteiger partial charge in [-0.05, 0) is 13.0 Å². The topological polar surface area (TPSA) is 0 Å². The maximum Gasteiger partial charge on any atom is 0.104 e. The van der Waals surface area contributed by atoms with E-state index in [1.54, 1.807) is 0 Å². The molecule has 0 aliphatic carbocycles. The van der Waals surface area contributed by atoms with E-state index in [9.17, 15) is 8.78 Å². The van der Waals surface area contributed by atoms with Crippen LogP contribution in [0.5, 0.6) is 0 Å². The molecule has 1 unspecified atom stereocenters. The number of hydrogen-bond donors (Lipinski definition) is 0. The summed E-state index contributed by atoms with van der Waals surface area (Å²) in [5.41, 5.74) is 0. The van der Waals surface area contributed by atoms with Gasteiger partial charge in [0.05, 0.1) is 5.83 Å². The molecule has 0 radical (unpaired) electrons. The van der Waals surface area contributed by atoms with Crippen molar-refractivity contribution in [2.45, 2.75) is 19.5 Å². The SMILES string of the molecule is CC(F)C/C(F)=C\CBr. The van der Waals surface area contributed by atoms with Crippen molar-refractivity contribution >= 4 is 15.9 Å². The van der Waals surface area contributed by atoms with Crippen LogP contribution in [0.25, 0.3) is 0 Å². The number of alkyl halides is 2. The molecular formula is C6H9BrF2. The minimum absolute atomic E-state index is 0.106. The van der Waals surface area contributed by atoms with E-state index in [0.717, 1.165) is 0 Å². The molecule has 0 saturated heterocycles. The van der Waals surface area contributed by atoms with Crippen LogP contribution in [0, 0.1) is 0 Å². The van der Waals surface area contributed by atoms with Gasteiger partial charge in [0.2, 0.25) is 0 Å². The van der Waals surface area contributed by atoms with Crippen molar-refractivity contribution in [1.29, 1.82) is 0 Å². The first kappa shape index (κ1) is 9.08. The predicted molar refractivity (Wildman–Crippen MR) is 38.2 cm³/mol. The van der Waals surface area contributed by atoms with E-state index in [4.69, 9.17) is 0 Å². The molecule has 0 amide bonds. The Morgan fingerprint density at radius 1 is 1.78 bits per heavy atom. The normalized spacial score (nSPS) is 15.8. The molecule has 9 heavy (non-hydrogen) atoms. The summed E-state index contributed by atoms with van der Waals surface area (Å²) in [4.78, 5) is 0. The van der Waals surface area contributed by atoms with E-state index in [0.29, 0.717) is 5.33 Å². The third-order valence-corrected chi connectivity index (χ3v) is 1.10. The molecule has 0 rings (SSSR count). The second kappa shape index (κ2) is 4.91. The summed E-state index contributed by atoms with van der Waals surface area (Å²) in [6.07, 6.45) is 0.127. The fraction of sp³-hybridized carbons (Fsp3) is 0.667. The third-order valence-electron chi connectivity index (χ3n) is 0.775. The Hall–Kier alpha value is 0.0800. The van der Waals surface area contributed by atoms with Gasteiger partial charge in [-0.3, -0.25) is 0 Å². The minimum Gasteiger partial charge on any atom is -0.247 e. The van der Waals surface area contributed by atoms with E-state index < -0.39 is 6.17 Å². The Morgan fingerprint density at radius 2 is 2.33 bits per heavy atom. The quantitative estimate of drug-likeness (QED) is 0.613. The maximum absolute atomic E-state index is 12.2. The molecule has 0 aromatic carbocycles. The zero-order chi connectivity index (χ0) is 7.28. The molecule has 0 aromatic heterocycles. The first-order chi connectivity index (χ1) is 4.16. The number of allylic oxidation sites excluding steroid dienone is 2. The van der Waals surface area contributed by atoms with Crippen molar-refractivity contribution in [2.75, 3.05) is 5.33 Å². The van der Waals surface area contributed by atoms with Gasteiger partial charge < -0.3 is 0 Å². The molecule has 0 aromatic rings. The molecule has 54 valence electrons. The van der Waals surface area contributed by atoms with Gasteiger partial charge in [-0.15, -0.1) is 0 Å². The van der Waals surface area contributed by atoms with Gasteiger partial charge in [0.1, 0.15) is 6.17 Å². The maximum atomic E-state index is 12.2. The largest absolute Gasteiger partial charge is 0.247 e.